The van der Waals surface area contributed by atoms with Crippen molar-refractivity contribution in [1.82, 2.24) is 5.32 Å². The Morgan fingerprint density at radius 2 is 1.95 bits per heavy atom. The molecule has 0 fully saturated rings. The van der Waals surface area contributed by atoms with E-state index in [0.29, 0.717) is 42.2 Å². The van der Waals surface area contributed by atoms with E-state index in [4.69, 9.17) is 32.7 Å². The molecule has 0 unspecified atom stereocenters. The van der Waals surface area contributed by atoms with Gasteiger partial charge in [0.2, 0.25) is 0 Å². The van der Waals surface area contributed by atoms with Gasteiger partial charge in [0.15, 0.2) is 0 Å². The Morgan fingerprint density at radius 1 is 1.16 bits per heavy atom. The first-order chi connectivity index (χ1) is 9.19. The van der Waals surface area contributed by atoms with Crippen molar-refractivity contribution in [2.75, 3.05) is 26.4 Å². The molecule has 0 saturated carbocycles. The van der Waals surface area contributed by atoms with Crippen LogP contribution in [0, 0.1) is 0 Å². The molecule has 108 valence electrons. The van der Waals surface area contributed by atoms with Crippen LogP contribution in [0.25, 0.3) is 0 Å². The van der Waals surface area contributed by atoms with Crippen LogP contribution in [0.1, 0.15) is 25.8 Å². The minimum atomic E-state index is 0.482. The highest BCUT2D eigenvalue weighted by molar-refractivity contribution is 6.35. The van der Waals surface area contributed by atoms with Gasteiger partial charge in [-0.2, -0.15) is 0 Å². The fourth-order valence-corrected chi connectivity index (χ4v) is 2.24. The second-order valence-electron chi connectivity index (χ2n) is 4.10. The third kappa shape index (κ3) is 6.00. The molecule has 0 saturated heterocycles. The van der Waals surface area contributed by atoms with E-state index in [0.717, 1.165) is 18.5 Å². The number of hydrogen-bond acceptors (Lipinski definition) is 3. The summed E-state index contributed by atoms with van der Waals surface area (Å²) in [6.45, 7) is 7.43. The molecule has 5 heteroatoms. The summed E-state index contributed by atoms with van der Waals surface area (Å²) in [7, 11) is 0. The summed E-state index contributed by atoms with van der Waals surface area (Å²) in [5, 5.41) is 4.48. The molecule has 3 nitrogen and oxygen atoms in total. The van der Waals surface area contributed by atoms with Crippen molar-refractivity contribution in [2.24, 2.45) is 0 Å². The zero-order valence-corrected chi connectivity index (χ0v) is 13.0. The average molecular weight is 306 g/mol. The maximum absolute atomic E-state index is 6.18. The Balaban J connectivity index is 2.69. The van der Waals surface area contributed by atoms with Crippen LogP contribution in [0.15, 0.2) is 12.1 Å². The van der Waals surface area contributed by atoms with Crippen LogP contribution in [0.2, 0.25) is 10.0 Å². The molecule has 19 heavy (non-hydrogen) atoms. The molecule has 1 N–H and O–H groups in total. The Kier molecular flexibility index (Phi) is 8.22. The Labute approximate surface area is 125 Å². The van der Waals surface area contributed by atoms with Gasteiger partial charge in [-0.15, -0.1) is 0 Å². The topological polar surface area (TPSA) is 30.5 Å². The minimum absolute atomic E-state index is 0.482. The highest BCUT2D eigenvalue weighted by Crippen LogP contribution is 2.32. The van der Waals surface area contributed by atoms with Gasteiger partial charge in [0.05, 0.1) is 11.6 Å². The number of rotatable bonds is 9. The van der Waals surface area contributed by atoms with Crippen molar-refractivity contribution in [3.8, 4) is 5.75 Å². The van der Waals surface area contributed by atoms with E-state index in [-0.39, 0.29) is 0 Å². The Morgan fingerprint density at radius 3 is 2.63 bits per heavy atom. The van der Waals surface area contributed by atoms with Gasteiger partial charge >= 0.3 is 0 Å². The molecule has 0 heterocycles. The second kappa shape index (κ2) is 9.43. The zero-order chi connectivity index (χ0) is 14.1. The molecular formula is C14H21Cl2NO2. The first kappa shape index (κ1) is 16.6. The molecule has 0 aromatic heterocycles. The largest absolute Gasteiger partial charge is 0.489 e. The van der Waals surface area contributed by atoms with Crippen molar-refractivity contribution in [3.05, 3.63) is 27.7 Å². The summed E-state index contributed by atoms with van der Waals surface area (Å²) in [6, 6.07) is 3.58. The van der Waals surface area contributed by atoms with E-state index in [9.17, 15) is 0 Å². The highest BCUT2D eigenvalue weighted by Gasteiger charge is 2.10. The van der Waals surface area contributed by atoms with E-state index < -0.39 is 0 Å². The lowest BCUT2D eigenvalue weighted by molar-refractivity contribution is 0.110. The second-order valence-corrected chi connectivity index (χ2v) is 4.94. The monoisotopic (exact) mass is 305 g/mol. The van der Waals surface area contributed by atoms with Crippen LogP contribution in [0.4, 0.5) is 0 Å². The molecular weight excluding hydrogens is 285 g/mol. The third-order valence-electron chi connectivity index (χ3n) is 2.51. The molecule has 0 spiro atoms. The fourth-order valence-electron chi connectivity index (χ4n) is 1.65. The molecule has 1 aromatic carbocycles. The first-order valence-electron chi connectivity index (χ1n) is 6.58. The zero-order valence-electron chi connectivity index (χ0n) is 11.5. The minimum Gasteiger partial charge on any atom is -0.489 e. The summed E-state index contributed by atoms with van der Waals surface area (Å²) in [5.41, 5.74) is 0.974. The van der Waals surface area contributed by atoms with Gasteiger partial charge in [0.25, 0.3) is 0 Å². The highest BCUT2D eigenvalue weighted by atomic mass is 35.5. The van der Waals surface area contributed by atoms with Crippen molar-refractivity contribution in [1.29, 1.82) is 0 Å². The molecule has 0 aliphatic rings. The number of benzene rings is 1. The predicted molar refractivity (Wildman–Crippen MR) is 80.4 cm³/mol. The summed E-state index contributed by atoms with van der Waals surface area (Å²) < 4.78 is 10.9. The van der Waals surface area contributed by atoms with E-state index in [1.165, 1.54) is 0 Å². The van der Waals surface area contributed by atoms with E-state index in [1.807, 2.05) is 13.0 Å². The molecule has 0 atom stereocenters. The Bertz CT molecular complexity index is 386. The fraction of sp³-hybridized carbons (Fsp3) is 0.571. The van der Waals surface area contributed by atoms with Gasteiger partial charge in [0.1, 0.15) is 12.4 Å². The molecule has 0 aliphatic heterocycles. The smallest absolute Gasteiger partial charge is 0.142 e. The number of ether oxygens (including phenoxy) is 2. The van der Waals surface area contributed by atoms with Crippen LogP contribution in [0.3, 0.4) is 0 Å². The number of nitrogens with one attached hydrogen (secondary N) is 1. The molecule has 0 radical (unpaired) electrons. The standard InChI is InChI=1S/C14H21Cl2NO2/c1-3-5-17-10-11-8-12(15)9-13(16)14(11)19-7-6-18-4-2/h8-9,17H,3-7,10H2,1-2H3. The number of halogens is 2. The van der Waals surface area contributed by atoms with Gasteiger partial charge in [-0.1, -0.05) is 30.1 Å². The molecule has 0 bridgehead atoms. The summed E-state index contributed by atoms with van der Waals surface area (Å²) >= 11 is 12.2. The molecule has 0 amide bonds. The summed E-state index contributed by atoms with van der Waals surface area (Å²) in [5.74, 6) is 0.689. The van der Waals surface area contributed by atoms with Crippen LogP contribution >= 0.6 is 23.2 Å². The lowest BCUT2D eigenvalue weighted by Gasteiger charge is -2.14. The normalized spacial score (nSPS) is 10.7. The average Bonchev–Trinajstić information content (AvgIpc) is 2.37. The van der Waals surface area contributed by atoms with E-state index in [1.54, 1.807) is 6.07 Å². The quantitative estimate of drug-likeness (QED) is 0.702. The first-order valence-corrected chi connectivity index (χ1v) is 7.33. The summed E-state index contributed by atoms with van der Waals surface area (Å²) in [4.78, 5) is 0. The van der Waals surface area contributed by atoms with Gasteiger partial charge < -0.3 is 14.8 Å². The predicted octanol–water partition coefficient (Wildman–Crippen LogP) is 3.91. The van der Waals surface area contributed by atoms with Crippen LogP contribution in [-0.4, -0.2) is 26.4 Å². The maximum atomic E-state index is 6.18. The number of hydrogen-bond donors (Lipinski definition) is 1. The van der Waals surface area contributed by atoms with Gasteiger partial charge in [-0.3, -0.25) is 0 Å². The molecule has 1 rings (SSSR count). The van der Waals surface area contributed by atoms with Crippen molar-refractivity contribution in [3.63, 3.8) is 0 Å². The van der Waals surface area contributed by atoms with Crippen molar-refractivity contribution < 1.29 is 9.47 Å². The SMILES string of the molecule is CCCNCc1cc(Cl)cc(Cl)c1OCCOCC. The lowest BCUT2D eigenvalue weighted by Crippen LogP contribution is -2.15. The van der Waals surface area contributed by atoms with Crippen LogP contribution < -0.4 is 10.1 Å². The Hall–Kier alpha value is -0.480. The van der Waals surface area contributed by atoms with E-state index >= 15 is 0 Å². The van der Waals surface area contributed by atoms with Crippen LogP contribution in [0.5, 0.6) is 5.75 Å². The van der Waals surface area contributed by atoms with Crippen molar-refractivity contribution in [2.45, 2.75) is 26.8 Å². The lowest BCUT2D eigenvalue weighted by atomic mass is 10.2. The molecule has 1 aromatic rings. The molecule has 0 aliphatic carbocycles. The van der Waals surface area contributed by atoms with Crippen LogP contribution in [-0.2, 0) is 11.3 Å². The summed E-state index contributed by atoms with van der Waals surface area (Å²) in [6.07, 6.45) is 1.08. The van der Waals surface area contributed by atoms with E-state index in [2.05, 4.69) is 12.2 Å². The maximum Gasteiger partial charge on any atom is 0.142 e. The van der Waals surface area contributed by atoms with Gasteiger partial charge in [-0.25, -0.2) is 0 Å². The van der Waals surface area contributed by atoms with Gasteiger partial charge in [-0.05, 0) is 32.0 Å². The van der Waals surface area contributed by atoms with Crippen molar-refractivity contribution >= 4 is 23.2 Å². The van der Waals surface area contributed by atoms with Gasteiger partial charge in [0, 0.05) is 23.7 Å². The third-order valence-corrected chi connectivity index (χ3v) is 3.00.